The number of aromatic hydroxyl groups is 1. The van der Waals surface area contributed by atoms with Crippen molar-refractivity contribution in [3.05, 3.63) is 64.0 Å². The minimum absolute atomic E-state index is 0.0783. The Morgan fingerprint density at radius 2 is 1.80 bits per heavy atom. The Labute approximate surface area is 120 Å². The van der Waals surface area contributed by atoms with Crippen molar-refractivity contribution in [2.24, 2.45) is 5.18 Å². The smallest absolute Gasteiger partial charge is 0.222 e. The quantitative estimate of drug-likeness (QED) is 0.723. The predicted octanol–water partition coefficient (Wildman–Crippen LogP) is 4.45. The summed E-state index contributed by atoms with van der Waals surface area (Å²) in [5.41, 5.74) is 1.83. The molecule has 1 heterocycles. The molecular weight excluding hydrogens is 276 g/mol. The van der Waals surface area contributed by atoms with E-state index < -0.39 is 0 Å². The molecule has 0 aliphatic carbocycles. The standard InChI is InChI=1S/C15H11ClN2O2/c16-11-7-5-10(6-8-11)9-18-13-4-2-1-3-12(13)14(17-20)15(18)19/h1-8,19H,9H2. The number of benzene rings is 2. The second-order valence-corrected chi connectivity index (χ2v) is 4.93. The summed E-state index contributed by atoms with van der Waals surface area (Å²) in [4.78, 5) is 10.9. The third-order valence-electron chi connectivity index (χ3n) is 3.26. The molecule has 20 heavy (non-hydrogen) atoms. The van der Waals surface area contributed by atoms with Crippen molar-refractivity contribution in [1.82, 2.24) is 4.57 Å². The van der Waals surface area contributed by atoms with Gasteiger partial charge in [-0.3, -0.25) is 0 Å². The van der Waals surface area contributed by atoms with Gasteiger partial charge in [0.15, 0.2) is 5.69 Å². The monoisotopic (exact) mass is 286 g/mol. The number of nitrogens with zero attached hydrogens (tertiary/aromatic N) is 2. The van der Waals surface area contributed by atoms with E-state index in [2.05, 4.69) is 5.18 Å². The highest BCUT2D eigenvalue weighted by Gasteiger charge is 2.16. The number of nitroso groups, excluding NO2 is 1. The molecule has 0 radical (unpaired) electrons. The van der Waals surface area contributed by atoms with Gasteiger partial charge < -0.3 is 9.67 Å². The zero-order chi connectivity index (χ0) is 14.1. The van der Waals surface area contributed by atoms with E-state index in [1.54, 1.807) is 22.8 Å². The van der Waals surface area contributed by atoms with Crippen molar-refractivity contribution < 1.29 is 5.11 Å². The van der Waals surface area contributed by atoms with E-state index in [-0.39, 0.29) is 11.6 Å². The van der Waals surface area contributed by atoms with E-state index in [0.29, 0.717) is 17.0 Å². The molecule has 2 aromatic carbocycles. The van der Waals surface area contributed by atoms with Crippen LogP contribution in [-0.2, 0) is 6.54 Å². The van der Waals surface area contributed by atoms with Gasteiger partial charge in [-0.15, -0.1) is 4.91 Å². The van der Waals surface area contributed by atoms with Crippen LogP contribution in [0.4, 0.5) is 5.69 Å². The molecule has 0 saturated carbocycles. The van der Waals surface area contributed by atoms with Gasteiger partial charge in [0.2, 0.25) is 5.88 Å². The highest BCUT2D eigenvalue weighted by atomic mass is 35.5. The van der Waals surface area contributed by atoms with Crippen LogP contribution in [0.25, 0.3) is 10.9 Å². The largest absolute Gasteiger partial charge is 0.493 e. The zero-order valence-electron chi connectivity index (χ0n) is 10.5. The van der Waals surface area contributed by atoms with E-state index in [1.807, 2.05) is 30.3 Å². The van der Waals surface area contributed by atoms with Crippen LogP contribution < -0.4 is 0 Å². The topological polar surface area (TPSA) is 54.6 Å². The third-order valence-corrected chi connectivity index (χ3v) is 3.51. The van der Waals surface area contributed by atoms with E-state index in [4.69, 9.17) is 11.6 Å². The summed E-state index contributed by atoms with van der Waals surface area (Å²) >= 11 is 5.86. The van der Waals surface area contributed by atoms with Gasteiger partial charge in [-0.05, 0) is 28.9 Å². The fourth-order valence-electron chi connectivity index (χ4n) is 2.29. The molecule has 0 atom stereocenters. The van der Waals surface area contributed by atoms with Crippen LogP contribution in [0, 0.1) is 4.91 Å². The van der Waals surface area contributed by atoms with E-state index in [1.165, 1.54) is 0 Å². The molecule has 3 rings (SSSR count). The number of rotatable bonds is 3. The molecule has 0 fully saturated rings. The van der Waals surface area contributed by atoms with Gasteiger partial charge in [-0.2, -0.15) is 0 Å². The lowest BCUT2D eigenvalue weighted by Gasteiger charge is -2.07. The van der Waals surface area contributed by atoms with Crippen LogP contribution in [-0.4, -0.2) is 9.67 Å². The Balaban J connectivity index is 2.13. The van der Waals surface area contributed by atoms with Crippen molar-refractivity contribution in [2.75, 3.05) is 0 Å². The Kier molecular flexibility index (Phi) is 3.16. The Bertz CT molecular complexity index is 778. The molecule has 100 valence electrons. The summed E-state index contributed by atoms with van der Waals surface area (Å²) < 4.78 is 1.66. The summed E-state index contributed by atoms with van der Waals surface area (Å²) in [6, 6.07) is 14.6. The van der Waals surface area contributed by atoms with Crippen molar-refractivity contribution >= 4 is 28.2 Å². The van der Waals surface area contributed by atoms with E-state index in [9.17, 15) is 10.0 Å². The van der Waals surface area contributed by atoms with Crippen LogP contribution in [0.3, 0.4) is 0 Å². The summed E-state index contributed by atoms with van der Waals surface area (Å²) in [5.74, 6) is -0.115. The van der Waals surface area contributed by atoms with Gasteiger partial charge >= 0.3 is 0 Å². The summed E-state index contributed by atoms with van der Waals surface area (Å²) in [5, 5.41) is 14.4. The summed E-state index contributed by atoms with van der Waals surface area (Å²) in [7, 11) is 0. The number of fused-ring (bicyclic) bond motifs is 1. The lowest BCUT2D eigenvalue weighted by atomic mass is 10.2. The Hall–Kier alpha value is -2.33. The maximum atomic E-state index is 10.9. The van der Waals surface area contributed by atoms with Gasteiger partial charge in [0, 0.05) is 10.4 Å². The molecule has 0 aliphatic heterocycles. The average molecular weight is 287 g/mol. The van der Waals surface area contributed by atoms with Crippen molar-refractivity contribution in [1.29, 1.82) is 0 Å². The number of hydrogen-bond acceptors (Lipinski definition) is 3. The summed E-state index contributed by atoms with van der Waals surface area (Å²) in [6.45, 7) is 0.443. The molecule has 5 heteroatoms. The van der Waals surface area contributed by atoms with Gasteiger partial charge in [0.25, 0.3) is 0 Å². The van der Waals surface area contributed by atoms with Crippen LogP contribution in [0.1, 0.15) is 5.56 Å². The van der Waals surface area contributed by atoms with E-state index >= 15 is 0 Å². The lowest BCUT2D eigenvalue weighted by Crippen LogP contribution is -1.98. The van der Waals surface area contributed by atoms with Crippen LogP contribution >= 0.6 is 11.6 Å². The van der Waals surface area contributed by atoms with Gasteiger partial charge in [0.1, 0.15) is 0 Å². The molecule has 0 amide bonds. The first kappa shape index (κ1) is 12.7. The molecule has 1 N–H and O–H groups in total. The highest BCUT2D eigenvalue weighted by Crippen LogP contribution is 2.38. The molecule has 0 bridgehead atoms. The first-order valence-electron chi connectivity index (χ1n) is 6.08. The first-order valence-corrected chi connectivity index (χ1v) is 6.46. The predicted molar refractivity (Wildman–Crippen MR) is 79.6 cm³/mol. The Morgan fingerprint density at radius 1 is 1.10 bits per heavy atom. The minimum atomic E-state index is -0.115. The molecule has 0 unspecified atom stereocenters. The highest BCUT2D eigenvalue weighted by molar-refractivity contribution is 6.30. The lowest BCUT2D eigenvalue weighted by molar-refractivity contribution is 0.430. The molecular formula is C15H11ClN2O2. The van der Waals surface area contributed by atoms with Gasteiger partial charge in [-0.25, -0.2) is 0 Å². The number of aromatic nitrogens is 1. The normalized spacial score (nSPS) is 10.8. The molecule has 0 spiro atoms. The van der Waals surface area contributed by atoms with Crippen molar-refractivity contribution in [3.63, 3.8) is 0 Å². The fourth-order valence-corrected chi connectivity index (χ4v) is 2.42. The Morgan fingerprint density at radius 3 is 2.50 bits per heavy atom. The number of halogens is 1. The second-order valence-electron chi connectivity index (χ2n) is 4.49. The molecule has 4 nitrogen and oxygen atoms in total. The third kappa shape index (κ3) is 2.04. The first-order chi connectivity index (χ1) is 9.70. The average Bonchev–Trinajstić information content (AvgIpc) is 2.74. The minimum Gasteiger partial charge on any atom is -0.493 e. The summed E-state index contributed by atoms with van der Waals surface area (Å²) in [6.07, 6.45) is 0. The van der Waals surface area contributed by atoms with E-state index in [0.717, 1.165) is 11.1 Å². The molecule has 1 aromatic heterocycles. The maximum absolute atomic E-state index is 10.9. The van der Waals surface area contributed by atoms with Gasteiger partial charge in [-0.1, -0.05) is 41.9 Å². The van der Waals surface area contributed by atoms with Crippen LogP contribution in [0.2, 0.25) is 5.02 Å². The number of hydrogen-bond donors (Lipinski definition) is 1. The van der Waals surface area contributed by atoms with Crippen LogP contribution in [0.5, 0.6) is 5.88 Å². The van der Waals surface area contributed by atoms with Crippen molar-refractivity contribution in [3.8, 4) is 5.88 Å². The van der Waals surface area contributed by atoms with Crippen LogP contribution in [0.15, 0.2) is 53.7 Å². The molecule has 0 aliphatic rings. The second kappa shape index (κ2) is 4.98. The molecule has 3 aromatic rings. The van der Waals surface area contributed by atoms with Gasteiger partial charge in [0.05, 0.1) is 12.1 Å². The molecule has 0 saturated heterocycles. The number of para-hydroxylation sites is 1. The maximum Gasteiger partial charge on any atom is 0.222 e. The SMILES string of the molecule is O=Nc1c(O)n(Cc2ccc(Cl)cc2)c2ccccc12. The zero-order valence-corrected chi connectivity index (χ0v) is 11.2. The fraction of sp³-hybridized carbons (Fsp3) is 0.0667. The van der Waals surface area contributed by atoms with Crippen molar-refractivity contribution in [2.45, 2.75) is 6.54 Å².